The van der Waals surface area contributed by atoms with Gasteiger partial charge in [0.2, 0.25) is 5.91 Å². The maximum atomic E-state index is 13.3. The van der Waals surface area contributed by atoms with Crippen LogP contribution in [-0.2, 0) is 20.8 Å². The van der Waals surface area contributed by atoms with Crippen molar-refractivity contribution in [2.45, 2.75) is 13.3 Å². The van der Waals surface area contributed by atoms with Gasteiger partial charge in [0.1, 0.15) is 0 Å². The molecule has 0 saturated carbocycles. The van der Waals surface area contributed by atoms with Gasteiger partial charge in [0, 0.05) is 21.7 Å². The van der Waals surface area contributed by atoms with Crippen molar-refractivity contribution in [2.24, 2.45) is 5.41 Å². The first-order chi connectivity index (χ1) is 15.0. The van der Waals surface area contributed by atoms with E-state index in [0.29, 0.717) is 11.4 Å². The number of hydrogen-bond acceptors (Lipinski definition) is 5. The van der Waals surface area contributed by atoms with Gasteiger partial charge in [0.05, 0.1) is 5.69 Å². The number of para-hydroxylation sites is 2. The van der Waals surface area contributed by atoms with Gasteiger partial charge in [0.25, 0.3) is 0 Å². The molecule has 1 amide bonds. The molecule has 5 nitrogen and oxygen atoms in total. The lowest BCUT2D eigenvalue weighted by atomic mass is 9.85. The number of thiophene rings is 1. The van der Waals surface area contributed by atoms with Crippen LogP contribution in [0.2, 0.25) is 0 Å². The molecule has 1 aromatic heterocycles. The summed E-state index contributed by atoms with van der Waals surface area (Å²) in [6.45, 7) is 1.62. The fourth-order valence-corrected chi connectivity index (χ4v) is 4.45. The van der Waals surface area contributed by atoms with Crippen LogP contribution >= 0.6 is 11.3 Å². The molecule has 6 heteroatoms. The van der Waals surface area contributed by atoms with E-state index in [2.05, 4.69) is 10.8 Å². The number of carbonyl (C=O) groups is 2. The minimum absolute atomic E-state index is 0.223. The van der Waals surface area contributed by atoms with E-state index < -0.39 is 17.3 Å². The number of fused-ring (bicyclic) bond motifs is 1. The molecule has 0 aliphatic carbocycles. The molecule has 156 valence electrons. The molecule has 31 heavy (non-hydrogen) atoms. The lowest BCUT2D eigenvalue weighted by molar-refractivity contribution is -0.155. The van der Waals surface area contributed by atoms with Gasteiger partial charge in [-0.1, -0.05) is 54.6 Å². The molecule has 1 atom stereocenters. The summed E-state index contributed by atoms with van der Waals surface area (Å²) in [5, 5.41) is 3.94. The maximum Gasteiger partial charge on any atom is 0.347 e. The fourth-order valence-electron chi connectivity index (χ4n) is 3.23. The Balaban J connectivity index is 1.59. The molecule has 0 aliphatic rings. The number of nitrogens with one attached hydrogen (secondary N) is 2. The Labute approximate surface area is 184 Å². The average molecular weight is 431 g/mol. The largest absolute Gasteiger partial charge is 0.347 e. The second-order valence-electron chi connectivity index (χ2n) is 7.44. The predicted molar refractivity (Wildman–Crippen MR) is 125 cm³/mol. The molecule has 2 N–H and O–H groups in total. The standard InChI is InChI=1S/C25H22N2O3S/c1-25(23(28)26-19-11-4-2-5-12-19,24(29)30-27-20-13-6-3-7-14-20)17-21-16-18-10-8-9-15-22(18)31-21/h2-16,27H,17H2,1H3,(H,26,28). The molecule has 0 bridgehead atoms. The van der Waals surface area contributed by atoms with Crippen molar-refractivity contribution in [1.82, 2.24) is 0 Å². The lowest BCUT2D eigenvalue weighted by Gasteiger charge is -2.25. The van der Waals surface area contributed by atoms with Crippen LogP contribution in [-0.4, -0.2) is 11.9 Å². The molecule has 4 aromatic rings. The van der Waals surface area contributed by atoms with Crippen LogP contribution in [0, 0.1) is 5.41 Å². The van der Waals surface area contributed by atoms with E-state index in [4.69, 9.17) is 4.84 Å². The number of rotatable bonds is 7. The van der Waals surface area contributed by atoms with Gasteiger partial charge in [-0.25, -0.2) is 10.3 Å². The normalized spacial score (nSPS) is 12.7. The number of hydrogen-bond donors (Lipinski definition) is 2. The summed E-state index contributed by atoms with van der Waals surface area (Å²) in [6, 6.07) is 28.2. The van der Waals surface area contributed by atoms with Crippen LogP contribution in [0.3, 0.4) is 0 Å². The first-order valence-electron chi connectivity index (χ1n) is 9.91. The molecule has 4 rings (SSSR count). The number of carbonyl (C=O) groups excluding carboxylic acids is 2. The van der Waals surface area contributed by atoms with Crippen molar-refractivity contribution in [3.8, 4) is 0 Å². The van der Waals surface area contributed by atoms with Crippen LogP contribution in [0.15, 0.2) is 91.0 Å². The molecular weight excluding hydrogens is 408 g/mol. The number of anilines is 2. The Kier molecular flexibility index (Phi) is 6.00. The highest BCUT2D eigenvalue weighted by atomic mass is 32.1. The smallest absolute Gasteiger partial charge is 0.342 e. The summed E-state index contributed by atoms with van der Waals surface area (Å²) < 4.78 is 1.11. The molecule has 3 aromatic carbocycles. The van der Waals surface area contributed by atoms with Crippen molar-refractivity contribution >= 4 is 44.7 Å². The fraction of sp³-hybridized carbons (Fsp3) is 0.120. The van der Waals surface area contributed by atoms with Gasteiger partial charge in [-0.2, -0.15) is 0 Å². The Morgan fingerprint density at radius 2 is 1.48 bits per heavy atom. The van der Waals surface area contributed by atoms with Crippen LogP contribution in [0.4, 0.5) is 11.4 Å². The van der Waals surface area contributed by atoms with E-state index in [1.807, 2.05) is 66.7 Å². The van der Waals surface area contributed by atoms with Gasteiger partial charge < -0.3 is 10.2 Å². The second kappa shape index (κ2) is 9.02. The maximum absolute atomic E-state index is 13.3. The van der Waals surface area contributed by atoms with Crippen LogP contribution in [0.5, 0.6) is 0 Å². The zero-order valence-electron chi connectivity index (χ0n) is 17.0. The van der Waals surface area contributed by atoms with Gasteiger partial charge in [-0.05, 0) is 48.7 Å². The lowest BCUT2D eigenvalue weighted by Crippen LogP contribution is -2.44. The van der Waals surface area contributed by atoms with E-state index in [1.165, 1.54) is 0 Å². The predicted octanol–water partition coefficient (Wildman–Crippen LogP) is 5.66. The van der Waals surface area contributed by atoms with Gasteiger partial charge in [0.15, 0.2) is 5.41 Å². The number of amides is 1. The summed E-state index contributed by atoms with van der Waals surface area (Å²) in [4.78, 5) is 32.7. The molecule has 1 heterocycles. The van der Waals surface area contributed by atoms with Crippen molar-refractivity contribution in [3.63, 3.8) is 0 Å². The van der Waals surface area contributed by atoms with Crippen molar-refractivity contribution < 1.29 is 14.4 Å². The number of benzene rings is 3. The Morgan fingerprint density at radius 1 is 0.871 bits per heavy atom. The monoisotopic (exact) mass is 430 g/mol. The minimum Gasteiger partial charge on any atom is -0.342 e. The van der Waals surface area contributed by atoms with Gasteiger partial charge >= 0.3 is 5.97 Å². The van der Waals surface area contributed by atoms with Crippen LogP contribution in [0.1, 0.15) is 11.8 Å². The van der Waals surface area contributed by atoms with Crippen molar-refractivity contribution in [1.29, 1.82) is 0 Å². The van der Waals surface area contributed by atoms with Crippen LogP contribution < -0.4 is 10.8 Å². The third kappa shape index (κ3) is 4.75. The Morgan fingerprint density at radius 3 is 2.16 bits per heavy atom. The second-order valence-corrected chi connectivity index (χ2v) is 8.61. The quantitative estimate of drug-likeness (QED) is 0.293. The Hall–Kier alpha value is -3.64. The third-order valence-electron chi connectivity index (χ3n) is 5.02. The third-order valence-corrected chi connectivity index (χ3v) is 6.14. The SMILES string of the molecule is CC(Cc1cc2ccccc2s1)(C(=O)Nc1ccccc1)C(=O)ONc1ccccc1. The topological polar surface area (TPSA) is 67.4 Å². The summed E-state index contributed by atoms with van der Waals surface area (Å²) in [6.07, 6.45) is 0.223. The molecular formula is C25H22N2O3S. The Bertz CT molecular complexity index is 1160. The van der Waals surface area contributed by atoms with Gasteiger partial charge in [-0.15, -0.1) is 11.3 Å². The highest BCUT2D eigenvalue weighted by Gasteiger charge is 2.44. The average Bonchev–Trinajstić information content (AvgIpc) is 3.20. The molecule has 1 unspecified atom stereocenters. The molecule has 0 radical (unpaired) electrons. The van der Waals surface area contributed by atoms with E-state index in [-0.39, 0.29) is 6.42 Å². The molecule has 0 aliphatic heterocycles. The summed E-state index contributed by atoms with van der Waals surface area (Å²) in [5.74, 6) is -1.07. The molecule has 0 spiro atoms. The molecule has 0 fully saturated rings. The van der Waals surface area contributed by atoms with E-state index in [9.17, 15) is 9.59 Å². The van der Waals surface area contributed by atoms with E-state index in [1.54, 1.807) is 42.5 Å². The first kappa shape index (κ1) is 20.6. The summed E-state index contributed by atoms with van der Waals surface area (Å²) >= 11 is 1.57. The summed E-state index contributed by atoms with van der Waals surface area (Å²) in [7, 11) is 0. The van der Waals surface area contributed by atoms with E-state index in [0.717, 1.165) is 15.0 Å². The highest BCUT2D eigenvalue weighted by molar-refractivity contribution is 7.19. The summed E-state index contributed by atoms with van der Waals surface area (Å²) in [5.41, 5.74) is 2.48. The zero-order chi connectivity index (χ0) is 21.7. The van der Waals surface area contributed by atoms with Crippen LogP contribution in [0.25, 0.3) is 10.1 Å². The highest BCUT2D eigenvalue weighted by Crippen LogP contribution is 2.33. The van der Waals surface area contributed by atoms with Crippen molar-refractivity contribution in [3.05, 3.63) is 95.9 Å². The molecule has 0 saturated heterocycles. The van der Waals surface area contributed by atoms with Gasteiger partial charge in [-0.3, -0.25) is 4.79 Å². The zero-order valence-corrected chi connectivity index (χ0v) is 17.8. The first-order valence-corrected chi connectivity index (χ1v) is 10.7. The minimum atomic E-state index is -1.43. The van der Waals surface area contributed by atoms with E-state index >= 15 is 0 Å². The van der Waals surface area contributed by atoms with Crippen molar-refractivity contribution in [2.75, 3.05) is 10.8 Å².